The monoisotopic (exact) mass is 1160 g/mol. The first-order valence-electron chi connectivity index (χ1n) is 37.9. The number of nitrogens with one attached hydrogen (secondary N) is 1. The lowest BCUT2D eigenvalue weighted by Gasteiger charge is -2.22. The molecule has 1 amide bonds. The van der Waals surface area contributed by atoms with E-state index in [0.717, 1.165) is 38.5 Å². The Hall–Kier alpha value is -1.40. The summed E-state index contributed by atoms with van der Waals surface area (Å²) >= 11 is 0. The first-order chi connectivity index (χ1) is 40.5. The Morgan fingerprint density at radius 1 is 0.329 bits per heavy atom. The van der Waals surface area contributed by atoms with Gasteiger partial charge in [0.05, 0.1) is 25.4 Å². The Balaban J connectivity index is 3.28. The number of carbonyl (C=O) groups is 2. The number of unbranched alkanes of at least 4 members (excludes halogenated alkanes) is 59. The van der Waals surface area contributed by atoms with E-state index in [9.17, 15) is 19.8 Å². The Bertz CT molecular complexity index is 1240. The minimum atomic E-state index is -0.659. The lowest BCUT2D eigenvalue weighted by Crippen LogP contribution is -2.45. The maximum Gasteiger partial charge on any atom is 0.305 e. The molecule has 2 atom stereocenters. The molecule has 0 spiro atoms. The molecule has 0 aromatic rings. The van der Waals surface area contributed by atoms with Crippen LogP contribution in [0.2, 0.25) is 0 Å². The first kappa shape index (κ1) is 80.6. The zero-order valence-corrected chi connectivity index (χ0v) is 56.0. The minimum absolute atomic E-state index is 0.0203. The maximum absolute atomic E-state index is 12.5. The van der Waals surface area contributed by atoms with E-state index in [-0.39, 0.29) is 18.5 Å². The summed E-state index contributed by atoms with van der Waals surface area (Å²) in [6.45, 7) is 4.99. The normalized spacial score (nSPS) is 12.5. The number of aliphatic hydroxyl groups excluding tert-OH is 2. The second-order valence-electron chi connectivity index (χ2n) is 26.3. The van der Waals surface area contributed by atoms with Gasteiger partial charge in [-0.25, -0.2) is 0 Å². The molecule has 0 fully saturated rings. The van der Waals surface area contributed by atoms with Crippen molar-refractivity contribution < 1.29 is 24.5 Å². The summed E-state index contributed by atoms with van der Waals surface area (Å²) in [5.74, 6) is -0.00661. The summed E-state index contributed by atoms with van der Waals surface area (Å²) < 4.78 is 5.51. The summed E-state index contributed by atoms with van der Waals surface area (Å²) in [6, 6.07) is -0.536. The van der Waals surface area contributed by atoms with Crippen LogP contribution < -0.4 is 5.32 Å². The number of hydrogen-bond acceptors (Lipinski definition) is 5. The Kier molecular flexibility index (Phi) is 70.8. The van der Waals surface area contributed by atoms with Gasteiger partial charge in [0.15, 0.2) is 0 Å². The minimum Gasteiger partial charge on any atom is -0.466 e. The van der Waals surface area contributed by atoms with Crippen molar-refractivity contribution in [3.8, 4) is 0 Å². The van der Waals surface area contributed by atoms with Gasteiger partial charge in [-0.05, 0) is 51.4 Å². The number of allylic oxidation sites excluding steroid dienone is 2. The summed E-state index contributed by atoms with van der Waals surface area (Å²) in [5.41, 5.74) is 0. The van der Waals surface area contributed by atoms with E-state index in [1.54, 1.807) is 0 Å². The first-order valence-corrected chi connectivity index (χ1v) is 37.9. The molecule has 0 aliphatic rings. The smallest absolute Gasteiger partial charge is 0.305 e. The highest BCUT2D eigenvalue weighted by molar-refractivity contribution is 5.76. The second-order valence-corrected chi connectivity index (χ2v) is 26.3. The van der Waals surface area contributed by atoms with Crippen LogP contribution in [-0.2, 0) is 14.3 Å². The van der Waals surface area contributed by atoms with Gasteiger partial charge < -0.3 is 20.3 Å². The van der Waals surface area contributed by atoms with Gasteiger partial charge in [0, 0.05) is 12.8 Å². The van der Waals surface area contributed by atoms with Crippen molar-refractivity contribution >= 4 is 11.9 Å². The molecule has 0 rings (SSSR count). The molecular formula is C76H149NO5. The SMILES string of the molecule is CCCCCCCC/C=C\CCCCCCCCCC(=O)OCCCCCCCCCCCCCCCCCCCCCCCCCCCCCCCCCCCCCC(=O)NC(CO)C(O)CCCCCCCCCCCCCCC. The van der Waals surface area contributed by atoms with Crippen LogP contribution >= 0.6 is 0 Å². The predicted molar refractivity (Wildman–Crippen MR) is 361 cm³/mol. The van der Waals surface area contributed by atoms with E-state index >= 15 is 0 Å². The third kappa shape index (κ3) is 67.7. The van der Waals surface area contributed by atoms with Gasteiger partial charge in [0.25, 0.3) is 0 Å². The highest BCUT2D eigenvalue weighted by atomic mass is 16.5. The molecular weight excluding hydrogens is 1010 g/mol. The molecule has 0 radical (unpaired) electrons. The Labute approximate surface area is 514 Å². The number of esters is 1. The molecule has 488 valence electrons. The van der Waals surface area contributed by atoms with Crippen molar-refractivity contribution in [2.24, 2.45) is 0 Å². The van der Waals surface area contributed by atoms with Crippen LogP contribution in [0.25, 0.3) is 0 Å². The average Bonchev–Trinajstić information content (AvgIpc) is 3.48. The van der Waals surface area contributed by atoms with E-state index in [0.29, 0.717) is 25.9 Å². The molecule has 0 bridgehead atoms. The topological polar surface area (TPSA) is 95.9 Å². The molecule has 0 aliphatic carbocycles. The molecule has 0 aromatic heterocycles. The molecule has 0 saturated heterocycles. The molecule has 6 nitrogen and oxygen atoms in total. The summed E-state index contributed by atoms with van der Waals surface area (Å²) in [4.78, 5) is 24.6. The molecule has 0 heterocycles. The number of amides is 1. The van der Waals surface area contributed by atoms with Crippen LogP contribution in [0.4, 0.5) is 0 Å². The van der Waals surface area contributed by atoms with Crippen LogP contribution in [0, 0.1) is 0 Å². The van der Waals surface area contributed by atoms with E-state index < -0.39 is 12.1 Å². The van der Waals surface area contributed by atoms with Gasteiger partial charge in [-0.3, -0.25) is 9.59 Å². The lowest BCUT2D eigenvalue weighted by molar-refractivity contribution is -0.143. The van der Waals surface area contributed by atoms with Gasteiger partial charge in [0.2, 0.25) is 5.91 Å². The van der Waals surface area contributed by atoms with Gasteiger partial charge >= 0.3 is 5.97 Å². The number of carbonyl (C=O) groups excluding carboxylic acids is 2. The second kappa shape index (κ2) is 72.1. The van der Waals surface area contributed by atoms with Gasteiger partial charge in [0.1, 0.15) is 0 Å². The number of hydrogen-bond donors (Lipinski definition) is 3. The fourth-order valence-electron chi connectivity index (χ4n) is 12.3. The van der Waals surface area contributed by atoms with Crippen molar-refractivity contribution in [1.82, 2.24) is 5.32 Å². The van der Waals surface area contributed by atoms with E-state index in [2.05, 4.69) is 31.3 Å². The van der Waals surface area contributed by atoms with Gasteiger partial charge in [-0.1, -0.05) is 386 Å². The van der Waals surface area contributed by atoms with Crippen LogP contribution in [0.3, 0.4) is 0 Å². The zero-order valence-electron chi connectivity index (χ0n) is 56.0. The summed E-state index contributed by atoms with van der Waals surface area (Å²) in [6.07, 6.45) is 90.1. The quantitative estimate of drug-likeness (QED) is 0.0320. The summed E-state index contributed by atoms with van der Waals surface area (Å²) in [7, 11) is 0. The Morgan fingerprint density at radius 2 is 0.573 bits per heavy atom. The fourth-order valence-corrected chi connectivity index (χ4v) is 12.3. The number of aliphatic hydroxyl groups is 2. The van der Waals surface area contributed by atoms with Crippen LogP contribution in [0.5, 0.6) is 0 Å². The summed E-state index contributed by atoms with van der Waals surface area (Å²) in [5, 5.41) is 23.3. The van der Waals surface area contributed by atoms with Crippen molar-refractivity contribution in [1.29, 1.82) is 0 Å². The molecule has 0 aromatic carbocycles. The molecule has 2 unspecified atom stereocenters. The van der Waals surface area contributed by atoms with Gasteiger partial charge in [-0.15, -0.1) is 0 Å². The fraction of sp³-hybridized carbons (Fsp3) is 0.947. The van der Waals surface area contributed by atoms with E-state index in [1.807, 2.05) is 0 Å². The van der Waals surface area contributed by atoms with Crippen molar-refractivity contribution in [2.45, 2.75) is 450 Å². The highest BCUT2D eigenvalue weighted by Gasteiger charge is 2.20. The third-order valence-electron chi connectivity index (χ3n) is 18.1. The molecule has 0 aliphatic heterocycles. The molecule has 0 saturated carbocycles. The molecule has 82 heavy (non-hydrogen) atoms. The predicted octanol–water partition coefficient (Wildman–Crippen LogP) is 24.7. The highest BCUT2D eigenvalue weighted by Crippen LogP contribution is 2.20. The third-order valence-corrected chi connectivity index (χ3v) is 18.1. The Morgan fingerprint density at radius 3 is 0.866 bits per heavy atom. The van der Waals surface area contributed by atoms with Gasteiger partial charge in [-0.2, -0.15) is 0 Å². The number of rotatable bonds is 72. The average molecular weight is 1160 g/mol. The van der Waals surface area contributed by atoms with Crippen LogP contribution in [-0.4, -0.2) is 47.4 Å². The molecule has 3 N–H and O–H groups in total. The number of ether oxygens (including phenoxy) is 1. The lowest BCUT2D eigenvalue weighted by atomic mass is 10.0. The van der Waals surface area contributed by atoms with E-state index in [4.69, 9.17) is 4.74 Å². The van der Waals surface area contributed by atoms with Crippen LogP contribution in [0.1, 0.15) is 438 Å². The standard InChI is InChI=1S/C76H149NO5/c1-3-5-7-9-11-13-15-17-18-38-42-46-50-54-58-62-66-70-76(81)82-71-67-63-59-55-51-47-43-40-37-35-33-31-29-27-25-23-21-19-20-22-24-26-28-30-32-34-36-39-41-45-49-53-57-61-65-69-75(80)77-73(72-78)74(79)68-64-60-56-52-48-44-16-14-12-10-8-6-4-2/h17-18,73-74,78-79H,3-16,19-72H2,1-2H3,(H,77,80)/b18-17-. The van der Waals surface area contributed by atoms with Crippen molar-refractivity contribution in [3.05, 3.63) is 12.2 Å². The van der Waals surface area contributed by atoms with Crippen molar-refractivity contribution in [3.63, 3.8) is 0 Å². The van der Waals surface area contributed by atoms with E-state index in [1.165, 1.54) is 366 Å². The van der Waals surface area contributed by atoms with Crippen molar-refractivity contribution in [2.75, 3.05) is 13.2 Å². The maximum atomic E-state index is 12.5. The largest absolute Gasteiger partial charge is 0.466 e. The van der Waals surface area contributed by atoms with Crippen LogP contribution in [0.15, 0.2) is 12.2 Å². The zero-order chi connectivity index (χ0) is 59.2. The molecule has 6 heteroatoms.